The first-order chi connectivity index (χ1) is 12.4. The molecule has 0 aromatic heterocycles. The molecule has 2 rings (SSSR count). The third kappa shape index (κ3) is 5.47. The largest absolute Gasteiger partial charge is 0.480 e. The molecule has 1 N–H and O–H groups in total. The van der Waals surface area contributed by atoms with Crippen LogP contribution in [0.4, 0.5) is 4.79 Å². The maximum absolute atomic E-state index is 12.8. The van der Waals surface area contributed by atoms with Crippen molar-refractivity contribution in [2.75, 3.05) is 40.3 Å². The molecule has 1 aromatic rings. The summed E-state index contributed by atoms with van der Waals surface area (Å²) in [4.78, 5) is 40.7. The van der Waals surface area contributed by atoms with Gasteiger partial charge in [0, 0.05) is 39.6 Å². The van der Waals surface area contributed by atoms with Gasteiger partial charge in [-0.25, -0.2) is 4.79 Å². The summed E-state index contributed by atoms with van der Waals surface area (Å²) in [6.45, 7) is 1.13. The number of nitrogens with zero attached hydrogens (tertiary/aromatic N) is 3. The van der Waals surface area contributed by atoms with Gasteiger partial charge in [-0.2, -0.15) is 0 Å². The summed E-state index contributed by atoms with van der Waals surface area (Å²) in [5.74, 6) is -1.36. The van der Waals surface area contributed by atoms with Crippen molar-refractivity contribution in [3.63, 3.8) is 0 Å². The maximum Gasteiger partial charge on any atom is 0.323 e. The molecule has 3 amide bonds. The van der Waals surface area contributed by atoms with Crippen LogP contribution in [0.1, 0.15) is 18.4 Å². The van der Waals surface area contributed by atoms with Crippen molar-refractivity contribution in [2.24, 2.45) is 5.92 Å². The lowest BCUT2D eigenvalue weighted by Crippen LogP contribution is -2.48. The van der Waals surface area contributed by atoms with Crippen LogP contribution in [-0.2, 0) is 16.0 Å². The highest BCUT2D eigenvalue weighted by atomic mass is 16.4. The summed E-state index contributed by atoms with van der Waals surface area (Å²) in [5.41, 5.74) is 1.07. The van der Waals surface area contributed by atoms with Gasteiger partial charge in [0.2, 0.25) is 5.91 Å². The molecule has 7 nitrogen and oxygen atoms in total. The van der Waals surface area contributed by atoms with Crippen LogP contribution in [0.2, 0.25) is 0 Å². The molecule has 1 aliphatic heterocycles. The number of likely N-dealkylation sites (tertiary alicyclic amines) is 1. The van der Waals surface area contributed by atoms with Crippen molar-refractivity contribution in [3.05, 3.63) is 35.9 Å². The van der Waals surface area contributed by atoms with E-state index in [1.165, 1.54) is 9.80 Å². The molecule has 1 aromatic carbocycles. The van der Waals surface area contributed by atoms with Crippen LogP contribution >= 0.6 is 0 Å². The van der Waals surface area contributed by atoms with Gasteiger partial charge in [-0.15, -0.1) is 0 Å². The quantitative estimate of drug-likeness (QED) is 0.833. The summed E-state index contributed by atoms with van der Waals surface area (Å²) in [6, 6.07) is 9.66. The third-order valence-corrected chi connectivity index (χ3v) is 4.65. The molecule has 0 atom stereocenters. The molecule has 0 aliphatic carbocycles. The molecule has 1 saturated heterocycles. The van der Waals surface area contributed by atoms with Gasteiger partial charge in [0.1, 0.15) is 6.54 Å². The number of rotatable bonds is 6. The first-order valence-electron chi connectivity index (χ1n) is 8.89. The normalized spacial score (nSPS) is 14.8. The van der Waals surface area contributed by atoms with Crippen molar-refractivity contribution in [3.8, 4) is 0 Å². The van der Waals surface area contributed by atoms with E-state index in [1.807, 2.05) is 30.3 Å². The van der Waals surface area contributed by atoms with Crippen LogP contribution in [0, 0.1) is 5.92 Å². The first-order valence-corrected chi connectivity index (χ1v) is 8.89. The number of carboxylic acid groups (broad SMARTS) is 1. The first kappa shape index (κ1) is 19.8. The minimum Gasteiger partial charge on any atom is -0.480 e. The lowest BCUT2D eigenvalue weighted by Gasteiger charge is -2.35. The molecule has 0 radical (unpaired) electrons. The van der Waals surface area contributed by atoms with Crippen molar-refractivity contribution >= 4 is 17.9 Å². The van der Waals surface area contributed by atoms with E-state index in [-0.39, 0.29) is 24.4 Å². The summed E-state index contributed by atoms with van der Waals surface area (Å²) in [5, 5.41) is 9.15. The lowest BCUT2D eigenvalue weighted by atomic mass is 9.95. The Kier molecular flexibility index (Phi) is 7.00. The number of amides is 3. The van der Waals surface area contributed by atoms with Crippen LogP contribution < -0.4 is 0 Å². The Morgan fingerprint density at radius 1 is 1.12 bits per heavy atom. The molecule has 0 bridgehead atoms. The Morgan fingerprint density at radius 2 is 1.73 bits per heavy atom. The third-order valence-electron chi connectivity index (χ3n) is 4.65. The van der Waals surface area contributed by atoms with Crippen LogP contribution in [0.5, 0.6) is 0 Å². The number of aliphatic carboxylic acids is 1. The van der Waals surface area contributed by atoms with Crippen molar-refractivity contribution in [2.45, 2.75) is 19.3 Å². The average molecular weight is 361 g/mol. The van der Waals surface area contributed by atoms with E-state index in [4.69, 9.17) is 5.11 Å². The zero-order valence-corrected chi connectivity index (χ0v) is 15.4. The monoisotopic (exact) mass is 361 g/mol. The van der Waals surface area contributed by atoms with Crippen molar-refractivity contribution in [1.82, 2.24) is 14.7 Å². The average Bonchev–Trinajstić information content (AvgIpc) is 2.64. The van der Waals surface area contributed by atoms with Gasteiger partial charge in [0.25, 0.3) is 0 Å². The van der Waals surface area contributed by atoms with Gasteiger partial charge < -0.3 is 19.8 Å². The number of urea groups is 1. The smallest absolute Gasteiger partial charge is 0.323 e. The predicted molar refractivity (Wildman–Crippen MR) is 97.7 cm³/mol. The summed E-state index contributed by atoms with van der Waals surface area (Å²) in [6.07, 6.45) is 1.76. The van der Waals surface area contributed by atoms with E-state index < -0.39 is 5.97 Å². The van der Waals surface area contributed by atoms with Gasteiger partial charge in [-0.1, -0.05) is 30.3 Å². The summed E-state index contributed by atoms with van der Waals surface area (Å²) >= 11 is 0. The fourth-order valence-electron chi connectivity index (χ4n) is 3.20. The van der Waals surface area contributed by atoms with E-state index in [0.29, 0.717) is 38.9 Å². The van der Waals surface area contributed by atoms with Gasteiger partial charge in [-0.05, 0) is 24.8 Å². The summed E-state index contributed by atoms with van der Waals surface area (Å²) < 4.78 is 0. The van der Waals surface area contributed by atoms with E-state index in [9.17, 15) is 14.4 Å². The number of carbonyl (C=O) groups excluding carboxylic acids is 2. The lowest BCUT2D eigenvalue weighted by molar-refractivity contribution is -0.147. The number of carbonyl (C=O) groups is 3. The van der Waals surface area contributed by atoms with Gasteiger partial charge in [0.15, 0.2) is 0 Å². The highest BCUT2D eigenvalue weighted by molar-refractivity contribution is 5.83. The van der Waals surface area contributed by atoms with Crippen molar-refractivity contribution < 1.29 is 19.5 Å². The van der Waals surface area contributed by atoms with Gasteiger partial charge in [-0.3, -0.25) is 9.59 Å². The van der Waals surface area contributed by atoms with E-state index in [1.54, 1.807) is 19.0 Å². The van der Waals surface area contributed by atoms with Gasteiger partial charge in [0.05, 0.1) is 0 Å². The Morgan fingerprint density at radius 3 is 2.27 bits per heavy atom. The molecule has 1 fully saturated rings. The molecular weight excluding hydrogens is 334 g/mol. The highest BCUT2D eigenvalue weighted by Gasteiger charge is 2.31. The van der Waals surface area contributed by atoms with Crippen LogP contribution in [0.3, 0.4) is 0 Å². The molecular formula is C19H27N3O4. The number of carboxylic acids is 1. The molecule has 0 saturated carbocycles. The minimum absolute atomic E-state index is 0.0534. The fraction of sp³-hybridized carbons (Fsp3) is 0.526. The Balaban J connectivity index is 1.94. The van der Waals surface area contributed by atoms with Gasteiger partial charge >= 0.3 is 12.0 Å². The van der Waals surface area contributed by atoms with Crippen molar-refractivity contribution in [1.29, 1.82) is 0 Å². The predicted octanol–water partition coefficient (Wildman–Crippen LogP) is 1.54. The standard InChI is InChI=1S/C19H27N3O4/c1-20(2)19(26)21-12-9-16(10-13-21)18(25)22(14-17(23)24)11-8-15-6-4-3-5-7-15/h3-7,16H,8-14H2,1-2H3,(H,23,24). The minimum atomic E-state index is -1.01. The second-order valence-corrected chi connectivity index (χ2v) is 6.83. The van der Waals surface area contributed by atoms with Crippen LogP contribution in [0.15, 0.2) is 30.3 Å². The topological polar surface area (TPSA) is 81.2 Å². The number of hydrogen-bond acceptors (Lipinski definition) is 3. The van der Waals surface area contributed by atoms with E-state index >= 15 is 0 Å². The fourth-order valence-corrected chi connectivity index (χ4v) is 3.20. The Hall–Kier alpha value is -2.57. The number of piperidine rings is 1. The van der Waals surface area contributed by atoms with Crippen LogP contribution in [0.25, 0.3) is 0 Å². The number of benzene rings is 1. The highest BCUT2D eigenvalue weighted by Crippen LogP contribution is 2.20. The second-order valence-electron chi connectivity index (χ2n) is 6.83. The van der Waals surface area contributed by atoms with E-state index in [2.05, 4.69) is 0 Å². The molecule has 142 valence electrons. The molecule has 0 spiro atoms. The SMILES string of the molecule is CN(C)C(=O)N1CCC(C(=O)N(CCc2ccccc2)CC(=O)O)CC1. The Labute approximate surface area is 154 Å². The molecule has 7 heteroatoms. The summed E-state index contributed by atoms with van der Waals surface area (Å²) in [7, 11) is 3.41. The Bertz CT molecular complexity index is 625. The maximum atomic E-state index is 12.8. The molecule has 1 heterocycles. The zero-order valence-electron chi connectivity index (χ0n) is 15.4. The zero-order chi connectivity index (χ0) is 19.1. The molecule has 26 heavy (non-hydrogen) atoms. The van der Waals surface area contributed by atoms with Crippen LogP contribution in [-0.4, -0.2) is 78.0 Å². The molecule has 0 unspecified atom stereocenters. The number of hydrogen-bond donors (Lipinski definition) is 1. The second kappa shape index (κ2) is 9.22. The van der Waals surface area contributed by atoms with E-state index in [0.717, 1.165) is 5.56 Å². The molecule has 1 aliphatic rings.